The van der Waals surface area contributed by atoms with Crippen molar-refractivity contribution in [2.24, 2.45) is 0 Å². The van der Waals surface area contributed by atoms with Gasteiger partial charge in [-0.3, -0.25) is 14.1 Å². The standard InChI is InChI=1S/C13H18N4O/c1-10(2)17-7-6-16(13(17)18)9-12-8-11(14-3)4-5-15-12/h4-8,10H,9H2,1-3H3,(H,14,15). The first-order chi connectivity index (χ1) is 8.61. The van der Waals surface area contributed by atoms with Crippen LogP contribution in [0.15, 0.2) is 35.5 Å². The molecule has 0 aliphatic carbocycles. The van der Waals surface area contributed by atoms with Gasteiger partial charge in [0.1, 0.15) is 0 Å². The Labute approximate surface area is 106 Å². The first-order valence-electron chi connectivity index (χ1n) is 6.01. The number of imidazole rings is 1. The van der Waals surface area contributed by atoms with Gasteiger partial charge in [0, 0.05) is 37.4 Å². The quantitative estimate of drug-likeness (QED) is 0.893. The Morgan fingerprint density at radius 3 is 2.78 bits per heavy atom. The van der Waals surface area contributed by atoms with E-state index in [0.29, 0.717) is 6.54 Å². The van der Waals surface area contributed by atoms with Crippen LogP contribution in [0, 0.1) is 0 Å². The Balaban J connectivity index is 2.26. The lowest BCUT2D eigenvalue weighted by molar-refractivity contribution is 0.560. The van der Waals surface area contributed by atoms with E-state index in [0.717, 1.165) is 11.4 Å². The highest BCUT2D eigenvalue weighted by Crippen LogP contribution is 2.08. The van der Waals surface area contributed by atoms with Crippen LogP contribution in [0.3, 0.4) is 0 Å². The molecule has 5 nitrogen and oxygen atoms in total. The van der Waals surface area contributed by atoms with E-state index >= 15 is 0 Å². The van der Waals surface area contributed by atoms with Crippen molar-refractivity contribution in [1.29, 1.82) is 0 Å². The Kier molecular flexibility index (Phi) is 3.50. The van der Waals surface area contributed by atoms with Crippen molar-refractivity contribution in [2.75, 3.05) is 12.4 Å². The van der Waals surface area contributed by atoms with Gasteiger partial charge in [-0.05, 0) is 26.0 Å². The van der Waals surface area contributed by atoms with Gasteiger partial charge >= 0.3 is 5.69 Å². The first kappa shape index (κ1) is 12.4. The number of anilines is 1. The SMILES string of the molecule is CNc1ccnc(Cn2ccn(C(C)C)c2=O)c1. The summed E-state index contributed by atoms with van der Waals surface area (Å²) >= 11 is 0. The molecule has 0 fully saturated rings. The van der Waals surface area contributed by atoms with Crippen LogP contribution in [0.4, 0.5) is 5.69 Å². The summed E-state index contributed by atoms with van der Waals surface area (Å²) < 4.78 is 3.38. The van der Waals surface area contributed by atoms with Crippen LogP contribution < -0.4 is 11.0 Å². The second-order valence-electron chi connectivity index (χ2n) is 4.50. The van der Waals surface area contributed by atoms with Crippen LogP contribution in [0.5, 0.6) is 0 Å². The Morgan fingerprint density at radius 1 is 1.39 bits per heavy atom. The van der Waals surface area contributed by atoms with Crippen LogP contribution >= 0.6 is 0 Å². The molecular formula is C13H18N4O. The van der Waals surface area contributed by atoms with Crippen LogP contribution in [-0.2, 0) is 6.54 Å². The Bertz CT molecular complexity index is 583. The van der Waals surface area contributed by atoms with E-state index in [-0.39, 0.29) is 11.7 Å². The third-order valence-electron chi connectivity index (χ3n) is 2.87. The molecular weight excluding hydrogens is 228 g/mol. The fraction of sp³-hybridized carbons (Fsp3) is 0.385. The van der Waals surface area contributed by atoms with Gasteiger partial charge in [-0.15, -0.1) is 0 Å². The van der Waals surface area contributed by atoms with Gasteiger partial charge in [0.05, 0.1) is 12.2 Å². The summed E-state index contributed by atoms with van der Waals surface area (Å²) in [7, 11) is 1.86. The number of nitrogens with zero attached hydrogens (tertiary/aromatic N) is 3. The highest BCUT2D eigenvalue weighted by molar-refractivity contribution is 5.42. The summed E-state index contributed by atoms with van der Waals surface area (Å²) in [5.74, 6) is 0. The molecule has 5 heteroatoms. The van der Waals surface area contributed by atoms with Crippen molar-refractivity contribution in [2.45, 2.75) is 26.4 Å². The van der Waals surface area contributed by atoms with Gasteiger partial charge in [0.15, 0.2) is 0 Å². The molecule has 0 aliphatic rings. The highest BCUT2D eigenvalue weighted by Gasteiger charge is 2.07. The zero-order valence-electron chi connectivity index (χ0n) is 10.9. The van der Waals surface area contributed by atoms with Crippen LogP contribution in [0.1, 0.15) is 25.6 Å². The molecule has 2 aromatic heterocycles. The molecule has 2 rings (SSSR count). The van der Waals surface area contributed by atoms with E-state index < -0.39 is 0 Å². The third-order valence-corrected chi connectivity index (χ3v) is 2.87. The first-order valence-corrected chi connectivity index (χ1v) is 6.01. The molecule has 96 valence electrons. The fourth-order valence-electron chi connectivity index (χ4n) is 1.84. The van der Waals surface area contributed by atoms with Crippen LogP contribution in [0.2, 0.25) is 0 Å². The number of aromatic nitrogens is 3. The van der Waals surface area contributed by atoms with E-state index in [1.165, 1.54) is 0 Å². The zero-order valence-corrected chi connectivity index (χ0v) is 10.9. The second-order valence-corrected chi connectivity index (χ2v) is 4.50. The normalized spacial score (nSPS) is 10.9. The molecule has 0 amide bonds. The maximum absolute atomic E-state index is 12.1. The molecule has 0 unspecified atom stereocenters. The molecule has 0 bridgehead atoms. The molecule has 18 heavy (non-hydrogen) atoms. The van der Waals surface area contributed by atoms with Crippen LogP contribution in [0.25, 0.3) is 0 Å². The van der Waals surface area contributed by atoms with Crippen molar-refractivity contribution in [3.05, 3.63) is 46.9 Å². The lowest BCUT2D eigenvalue weighted by Crippen LogP contribution is -2.25. The second kappa shape index (κ2) is 5.08. The lowest BCUT2D eigenvalue weighted by Gasteiger charge is -2.06. The number of hydrogen-bond donors (Lipinski definition) is 1. The number of pyridine rings is 1. The van der Waals surface area contributed by atoms with E-state index in [4.69, 9.17) is 0 Å². The summed E-state index contributed by atoms with van der Waals surface area (Å²) in [5, 5.41) is 3.06. The molecule has 0 saturated heterocycles. The predicted molar refractivity (Wildman–Crippen MR) is 72.0 cm³/mol. The fourth-order valence-corrected chi connectivity index (χ4v) is 1.84. The van der Waals surface area contributed by atoms with Crippen molar-refractivity contribution in [3.63, 3.8) is 0 Å². The predicted octanol–water partition coefficient (Wildman–Crippen LogP) is 1.72. The molecule has 0 spiro atoms. The smallest absolute Gasteiger partial charge is 0.328 e. The van der Waals surface area contributed by atoms with E-state index in [9.17, 15) is 4.79 Å². The zero-order chi connectivity index (χ0) is 13.1. The molecule has 0 aliphatic heterocycles. The molecule has 0 radical (unpaired) electrons. The minimum atomic E-state index is 0.00154. The monoisotopic (exact) mass is 246 g/mol. The van der Waals surface area contributed by atoms with E-state index in [1.54, 1.807) is 21.5 Å². The third kappa shape index (κ3) is 2.45. The van der Waals surface area contributed by atoms with Crippen molar-refractivity contribution in [1.82, 2.24) is 14.1 Å². The Hall–Kier alpha value is -2.04. The number of rotatable bonds is 4. The van der Waals surface area contributed by atoms with Crippen LogP contribution in [-0.4, -0.2) is 21.2 Å². The van der Waals surface area contributed by atoms with Gasteiger partial charge in [0.25, 0.3) is 0 Å². The summed E-state index contributed by atoms with van der Waals surface area (Å²) in [5.41, 5.74) is 1.86. The van der Waals surface area contributed by atoms with Crippen molar-refractivity contribution in [3.8, 4) is 0 Å². The molecule has 0 saturated carbocycles. The maximum Gasteiger partial charge on any atom is 0.328 e. The summed E-state index contributed by atoms with van der Waals surface area (Å²) in [6.45, 7) is 4.48. The van der Waals surface area contributed by atoms with Gasteiger partial charge in [-0.25, -0.2) is 4.79 Å². The number of hydrogen-bond acceptors (Lipinski definition) is 3. The lowest BCUT2D eigenvalue weighted by atomic mass is 10.3. The van der Waals surface area contributed by atoms with Gasteiger partial charge < -0.3 is 5.32 Å². The summed E-state index contributed by atoms with van der Waals surface area (Å²) in [4.78, 5) is 16.3. The molecule has 2 aromatic rings. The average Bonchev–Trinajstić information content (AvgIpc) is 2.71. The highest BCUT2D eigenvalue weighted by atomic mass is 16.1. The van der Waals surface area contributed by atoms with Gasteiger partial charge in [-0.1, -0.05) is 0 Å². The van der Waals surface area contributed by atoms with Gasteiger partial charge in [0.2, 0.25) is 0 Å². The maximum atomic E-state index is 12.1. The minimum Gasteiger partial charge on any atom is -0.388 e. The van der Waals surface area contributed by atoms with E-state index in [2.05, 4.69) is 10.3 Å². The minimum absolute atomic E-state index is 0.00154. The molecule has 1 N–H and O–H groups in total. The average molecular weight is 246 g/mol. The van der Waals surface area contributed by atoms with Crippen molar-refractivity contribution < 1.29 is 0 Å². The molecule has 0 aromatic carbocycles. The topological polar surface area (TPSA) is 51.9 Å². The summed E-state index contributed by atoms with van der Waals surface area (Å²) in [6.07, 6.45) is 5.36. The number of nitrogens with one attached hydrogen (secondary N) is 1. The molecule has 0 atom stereocenters. The van der Waals surface area contributed by atoms with Gasteiger partial charge in [-0.2, -0.15) is 0 Å². The summed E-state index contributed by atoms with van der Waals surface area (Å²) in [6, 6.07) is 4.01. The largest absolute Gasteiger partial charge is 0.388 e. The molecule has 2 heterocycles. The Morgan fingerprint density at radius 2 is 2.17 bits per heavy atom. The van der Waals surface area contributed by atoms with Crippen molar-refractivity contribution >= 4 is 5.69 Å². The van der Waals surface area contributed by atoms with E-state index in [1.807, 2.05) is 39.2 Å².